The van der Waals surface area contributed by atoms with Gasteiger partial charge >= 0.3 is 0 Å². The Balaban J connectivity index is 1.57. The van der Waals surface area contributed by atoms with Crippen molar-refractivity contribution in [3.8, 4) is 34.8 Å². The van der Waals surface area contributed by atoms with Crippen molar-refractivity contribution in [2.24, 2.45) is 0 Å². The van der Waals surface area contributed by atoms with Crippen LogP contribution in [0.15, 0.2) is 83.9 Å². The van der Waals surface area contributed by atoms with Crippen molar-refractivity contribution in [1.82, 2.24) is 4.98 Å². The molecule has 1 unspecified atom stereocenters. The highest BCUT2D eigenvalue weighted by molar-refractivity contribution is 8.00. The van der Waals surface area contributed by atoms with Crippen LogP contribution in [0.1, 0.15) is 49.8 Å². The second kappa shape index (κ2) is 12.8. The first-order valence-electron chi connectivity index (χ1n) is 12.9. The van der Waals surface area contributed by atoms with E-state index in [2.05, 4.69) is 36.3 Å². The summed E-state index contributed by atoms with van der Waals surface area (Å²) in [6.07, 6.45) is 0.483. The minimum absolute atomic E-state index is 0.0243. The standard InChI is InChI=1S/C32H29N5O2S/c1-4-28(31(38)36-23-14-16-25(17-15-23)39-24-8-6-5-7-9-24)40-32-27(19-34)29(26(18-33)30(35)37-32)22-12-10-21(11-13-22)20(2)3/h5-17,20,28H,4H2,1-3H3,(H2,35,37)(H,36,38). The van der Waals surface area contributed by atoms with Gasteiger partial charge in [0.1, 0.15) is 40.0 Å². The lowest BCUT2D eigenvalue weighted by Gasteiger charge is -2.18. The molecule has 0 aliphatic carbocycles. The molecule has 1 aromatic heterocycles. The minimum atomic E-state index is -0.552. The van der Waals surface area contributed by atoms with E-state index in [1.807, 2.05) is 61.5 Å². The van der Waals surface area contributed by atoms with Gasteiger partial charge in [0, 0.05) is 11.3 Å². The maximum absolute atomic E-state index is 13.2. The largest absolute Gasteiger partial charge is 0.457 e. The van der Waals surface area contributed by atoms with Gasteiger partial charge in [0.2, 0.25) is 5.91 Å². The van der Waals surface area contributed by atoms with Crippen molar-refractivity contribution in [1.29, 1.82) is 10.5 Å². The number of nitrogens with two attached hydrogens (primary N) is 1. The second-order valence-electron chi connectivity index (χ2n) is 9.37. The molecule has 0 fully saturated rings. The average molecular weight is 548 g/mol. The number of nitrogen functional groups attached to an aromatic ring is 1. The van der Waals surface area contributed by atoms with E-state index in [0.717, 1.165) is 23.1 Å². The molecule has 1 amide bonds. The molecule has 1 heterocycles. The molecule has 0 radical (unpaired) electrons. The van der Waals surface area contributed by atoms with E-state index in [-0.39, 0.29) is 22.9 Å². The fourth-order valence-electron chi connectivity index (χ4n) is 4.12. The summed E-state index contributed by atoms with van der Waals surface area (Å²) in [5.41, 5.74) is 9.44. The number of rotatable bonds is 9. The van der Waals surface area contributed by atoms with Crippen LogP contribution in [-0.4, -0.2) is 16.1 Å². The van der Waals surface area contributed by atoms with Gasteiger partial charge in [0.25, 0.3) is 0 Å². The van der Waals surface area contributed by atoms with Crippen LogP contribution in [0.4, 0.5) is 11.5 Å². The molecule has 0 aliphatic heterocycles. The number of nitrogens with one attached hydrogen (secondary N) is 1. The number of hydrogen-bond donors (Lipinski definition) is 2. The molecule has 0 saturated heterocycles. The molecular weight excluding hydrogens is 518 g/mol. The molecule has 8 heteroatoms. The van der Waals surface area contributed by atoms with Crippen LogP contribution in [0.5, 0.6) is 11.5 Å². The molecule has 4 aromatic rings. The van der Waals surface area contributed by atoms with E-state index in [0.29, 0.717) is 39.9 Å². The van der Waals surface area contributed by atoms with Gasteiger partial charge in [-0.05, 0) is 59.9 Å². The number of pyridine rings is 1. The number of anilines is 2. The van der Waals surface area contributed by atoms with E-state index >= 15 is 0 Å². The van der Waals surface area contributed by atoms with Crippen LogP contribution in [0.3, 0.4) is 0 Å². The van der Waals surface area contributed by atoms with E-state index in [1.54, 1.807) is 24.3 Å². The van der Waals surface area contributed by atoms with E-state index in [1.165, 1.54) is 0 Å². The number of carbonyl (C=O) groups is 1. The van der Waals surface area contributed by atoms with Crippen LogP contribution in [-0.2, 0) is 4.79 Å². The second-order valence-corrected chi connectivity index (χ2v) is 10.6. The first-order chi connectivity index (χ1) is 19.3. The lowest BCUT2D eigenvalue weighted by molar-refractivity contribution is -0.115. The molecule has 7 nitrogen and oxygen atoms in total. The predicted octanol–water partition coefficient (Wildman–Crippen LogP) is 7.50. The third kappa shape index (κ3) is 6.43. The number of benzene rings is 3. The molecule has 200 valence electrons. The Morgan fingerprint density at radius 3 is 2.15 bits per heavy atom. The normalized spacial score (nSPS) is 11.3. The summed E-state index contributed by atoms with van der Waals surface area (Å²) in [4.78, 5) is 17.6. The van der Waals surface area contributed by atoms with Gasteiger partial charge in [-0.15, -0.1) is 0 Å². The fourth-order valence-corrected chi connectivity index (χ4v) is 5.14. The number of para-hydroxylation sites is 1. The van der Waals surface area contributed by atoms with Crippen molar-refractivity contribution in [3.63, 3.8) is 0 Å². The molecule has 0 bridgehead atoms. The first kappa shape index (κ1) is 28.2. The number of nitriles is 2. The highest BCUT2D eigenvalue weighted by atomic mass is 32.2. The van der Waals surface area contributed by atoms with Crippen LogP contribution >= 0.6 is 11.8 Å². The topological polar surface area (TPSA) is 125 Å². The Morgan fingerprint density at radius 1 is 0.950 bits per heavy atom. The number of amides is 1. The summed E-state index contributed by atoms with van der Waals surface area (Å²) in [6.45, 7) is 6.08. The van der Waals surface area contributed by atoms with Crippen molar-refractivity contribution in [3.05, 3.63) is 95.6 Å². The summed E-state index contributed by atoms with van der Waals surface area (Å²) in [7, 11) is 0. The highest BCUT2D eigenvalue weighted by Crippen LogP contribution is 2.38. The minimum Gasteiger partial charge on any atom is -0.457 e. The Kier molecular flexibility index (Phi) is 9.06. The maximum Gasteiger partial charge on any atom is 0.237 e. The maximum atomic E-state index is 13.2. The van der Waals surface area contributed by atoms with Crippen molar-refractivity contribution >= 4 is 29.2 Å². The molecule has 40 heavy (non-hydrogen) atoms. The Labute approximate surface area is 238 Å². The molecule has 0 spiro atoms. The first-order valence-corrected chi connectivity index (χ1v) is 13.8. The van der Waals surface area contributed by atoms with Gasteiger partial charge in [0.15, 0.2) is 0 Å². The summed E-state index contributed by atoms with van der Waals surface area (Å²) < 4.78 is 5.82. The zero-order chi connectivity index (χ0) is 28.6. The molecule has 4 rings (SSSR count). The number of thioether (sulfide) groups is 1. The lowest BCUT2D eigenvalue weighted by atomic mass is 9.94. The van der Waals surface area contributed by atoms with Crippen LogP contribution in [0, 0.1) is 22.7 Å². The third-order valence-corrected chi connectivity index (χ3v) is 7.65. The van der Waals surface area contributed by atoms with Gasteiger partial charge in [-0.3, -0.25) is 4.79 Å². The highest BCUT2D eigenvalue weighted by Gasteiger charge is 2.25. The van der Waals surface area contributed by atoms with E-state index in [9.17, 15) is 15.3 Å². The van der Waals surface area contributed by atoms with Gasteiger partial charge in [0.05, 0.1) is 10.8 Å². The Morgan fingerprint density at radius 2 is 1.57 bits per heavy atom. The van der Waals surface area contributed by atoms with Crippen molar-refractivity contribution in [2.75, 3.05) is 11.1 Å². The number of aromatic nitrogens is 1. The fraction of sp³-hybridized carbons (Fsp3) is 0.188. The van der Waals surface area contributed by atoms with E-state index < -0.39 is 5.25 Å². The number of nitrogens with zero attached hydrogens (tertiary/aromatic N) is 3. The van der Waals surface area contributed by atoms with Gasteiger partial charge in [-0.2, -0.15) is 10.5 Å². The number of ether oxygens (including phenoxy) is 1. The quantitative estimate of drug-likeness (QED) is 0.208. The molecule has 0 saturated carbocycles. The molecule has 3 N–H and O–H groups in total. The Hall–Kier alpha value is -4.79. The third-order valence-electron chi connectivity index (χ3n) is 6.30. The van der Waals surface area contributed by atoms with E-state index in [4.69, 9.17) is 10.5 Å². The van der Waals surface area contributed by atoms with Crippen LogP contribution < -0.4 is 15.8 Å². The molecule has 3 aromatic carbocycles. The summed E-state index contributed by atoms with van der Waals surface area (Å²) >= 11 is 1.16. The summed E-state index contributed by atoms with van der Waals surface area (Å²) in [5.74, 6) is 1.50. The van der Waals surface area contributed by atoms with Crippen LogP contribution in [0.2, 0.25) is 0 Å². The predicted molar refractivity (Wildman–Crippen MR) is 159 cm³/mol. The zero-order valence-corrected chi connectivity index (χ0v) is 23.3. The number of hydrogen-bond acceptors (Lipinski definition) is 7. The van der Waals surface area contributed by atoms with Crippen molar-refractivity contribution in [2.45, 2.75) is 43.4 Å². The molecular formula is C32H29N5O2S. The summed E-state index contributed by atoms with van der Waals surface area (Å²) in [6, 6.07) is 28.6. The van der Waals surface area contributed by atoms with Crippen molar-refractivity contribution < 1.29 is 9.53 Å². The monoisotopic (exact) mass is 547 g/mol. The van der Waals surface area contributed by atoms with Gasteiger partial charge in [-0.25, -0.2) is 4.98 Å². The number of carbonyl (C=O) groups excluding carboxylic acids is 1. The van der Waals surface area contributed by atoms with Gasteiger partial charge in [-0.1, -0.05) is 75.0 Å². The molecule has 0 aliphatic rings. The SMILES string of the molecule is CCC(Sc1nc(N)c(C#N)c(-c2ccc(C(C)C)cc2)c1C#N)C(=O)Nc1ccc(Oc2ccccc2)cc1. The zero-order valence-electron chi connectivity index (χ0n) is 22.5. The Bertz CT molecular complexity index is 1570. The van der Waals surface area contributed by atoms with Crippen LogP contribution in [0.25, 0.3) is 11.1 Å². The molecule has 1 atom stereocenters. The average Bonchev–Trinajstić information content (AvgIpc) is 2.97. The smallest absolute Gasteiger partial charge is 0.237 e. The summed E-state index contributed by atoms with van der Waals surface area (Å²) in [5, 5.41) is 22.7. The van der Waals surface area contributed by atoms with Gasteiger partial charge < -0.3 is 15.8 Å². The lowest BCUT2D eigenvalue weighted by Crippen LogP contribution is -2.25.